The maximum atomic E-state index is 12.6. The zero-order chi connectivity index (χ0) is 26.2. The van der Waals surface area contributed by atoms with E-state index in [-0.39, 0.29) is 36.3 Å². The molecule has 2 heterocycles. The molecule has 0 unspecified atom stereocenters. The number of furan rings is 1. The molecule has 0 radical (unpaired) electrons. The Morgan fingerprint density at radius 3 is 2.68 bits per heavy atom. The van der Waals surface area contributed by atoms with Gasteiger partial charge in [-0.3, -0.25) is 9.59 Å². The molecule has 2 N–H and O–H groups in total. The molecule has 0 aliphatic heterocycles. The zero-order valence-electron chi connectivity index (χ0n) is 20.0. The first-order valence-corrected chi connectivity index (χ1v) is 13.6. The summed E-state index contributed by atoms with van der Waals surface area (Å²) < 4.78 is 47.4. The highest BCUT2D eigenvalue weighted by Crippen LogP contribution is 2.61. The fourth-order valence-electron chi connectivity index (χ4n) is 5.05. The van der Waals surface area contributed by atoms with Gasteiger partial charge in [-0.2, -0.15) is 8.42 Å². The molecule has 2 amide bonds. The van der Waals surface area contributed by atoms with Gasteiger partial charge in [-0.15, -0.1) is 0 Å². The second-order valence-corrected chi connectivity index (χ2v) is 11.6. The van der Waals surface area contributed by atoms with Gasteiger partial charge >= 0.3 is 0 Å². The summed E-state index contributed by atoms with van der Waals surface area (Å²) in [6.45, 7) is -0.0421. The van der Waals surface area contributed by atoms with Gasteiger partial charge in [-0.05, 0) is 61.4 Å². The molecular weight excluding hydrogens is 526 g/mol. The number of hydrogen-bond acceptors (Lipinski definition) is 9. The van der Waals surface area contributed by atoms with Crippen molar-refractivity contribution in [3.63, 3.8) is 0 Å². The van der Waals surface area contributed by atoms with Crippen LogP contribution < -0.4 is 10.0 Å². The summed E-state index contributed by atoms with van der Waals surface area (Å²) in [6.07, 6.45) is 3.48. The number of hydrogen-bond donors (Lipinski definition) is 2. The molecule has 2 aromatic heterocycles. The van der Waals surface area contributed by atoms with Gasteiger partial charge in [-0.1, -0.05) is 11.6 Å². The number of fused-ring (bicyclic) bond motifs is 1. The first-order valence-electron chi connectivity index (χ1n) is 11.8. The number of ether oxygens (including phenoxy) is 2. The summed E-state index contributed by atoms with van der Waals surface area (Å²) in [5.74, 6) is -0.572. The Morgan fingerprint density at radius 1 is 1.14 bits per heavy atom. The van der Waals surface area contributed by atoms with Gasteiger partial charge in [0.1, 0.15) is 12.1 Å². The number of oxazole rings is 1. The molecule has 2 aliphatic carbocycles. The minimum atomic E-state index is -4.27. The largest absolute Gasteiger partial charge is 0.440 e. The monoisotopic (exact) mass is 551 g/mol. The van der Waals surface area contributed by atoms with Crippen molar-refractivity contribution in [2.24, 2.45) is 5.41 Å². The van der Waals surface area contributed by atoms with Crippen molar-refractivity contribution in [3.05, 3.63) is 47.0 Å². The van der Waals surface area contributed by atoms with Crippen LogP contribution in [0, 0.1) is 5.41 Å². The van der Waals surface area contributed by atoms with E-state index in [9.17, 15) is 18.0 Å². The fourth-order valence-corrected chi connectivity index (χ4v) is 6.13. The van der Waals surface area contributed by atoms with Crippen LogP contribution in [0.2, 0.25) is 5.02 Å². The molecule has 1 aromatic carbocycles. The molecule has 0 atom stereocenters. The summed E-state index contributed by atoms with van der Waals surface area (Å²) in [4.78, 5) is 29.0. The summed E-state index contributed by atoms with van der Waals surface area (Å²) in [6, 6.07) is 7.72. The number of methoxy groups -OCH3 is 1. The van der Waals surface area contributed by atoms with Gasteiger partial charge in [0.15, 0.2) is 17.2 Å². The molecule has 3 aromatic rings. The molecule has 2 saturated carbocycles. The molecule has 0 bridgehead atoms. The molecular formula is C24H26ClN3O8S. The van der Waals surface area contributed by atoms with Crippen LogP contribution in [0.15, 0.2) is 44.3 Å². The van der Waals surface area contributed by atoms with E-state index in [1.807, 2.05) is 10.8 Å². The molecule has 198 valence electrons. The number of aromatic nitrogens is 1. The third-order valence-electron chi connectivity index (χ3n) is 6.75. The van der Waals surface area contributed by atoms with Gasteiger partial charge in [0, 0.05) is 24.1 Å². The lowest BCUT2D eigenvalue weighted by Crippen LogP contribution is -2.55. The number of nitrogens with one attached hydrogen (secondary N) is 2. The van der Waals surface area contributed by atoms with Crippen molar-refractivity contribution in [2.75, 3.05) is 26.9 Å². The number of rotatable bonds is 10. The summed E-state index contributed by atoms with van der Waals surface area (Å²) in [7, 11) is -2.80. The van der Waals surface area contributed by atoms with Crippen molar-refractivity contribution in [2.45, 2.75) is 42.7 Å². The standard InChI is InChI=1S/C24H26ClN3O8S/c1-33-6-7-34-13-20(29)28-37(31,32)21-5-4-19(35-21)22(30)26-16-11-24(12-16)9-14(10-24)23-27-17-8-15(25)2-3-18(17)36-23/h2-5,8,14,16H,6-7,9-13H2,1H3,(H,26,30)(H,28,29). The van der Waals surface area contributed by atoms with Gasteiger partial charge in [0.05, 0.1) is 13.2 Å². The predicted molar refractivity (Wildman–Crippen MR) is 131 cm³/mol. The maximum absolute atomic E-state index is 12.6. The lowest BCUT2D eigenvalue weighted by Gasteiger charge is -2.57. The average Bonchev–Trinajstić information content (AvgIpc) is 3.44. The Hall–Kier alpha value is -2.93. The number of nitrogens with zero attached hydrogens (tertiary/aromatic N) is 1. The molecule has 13 heteroatoms. The molecule has 5 rings (SSSR count). The van der Waals surface area contributed by atoms with E-state index in [1.165, 1.54) is 13.2 Å². The van der Waals surface area contributed by atoms with Crippen LogP contribution in [-0.2, 0) is 24.3 Å². The average molecular weight is 552 g/mol. The highest BCUT2D eigenvalue weighted by atomic mass is 35.5. The highest BCUT2D eigenvalue weighted by Gasteiger charge is 2.54. The second kappa shape index (κ2) is 10.1. The van der Waals surface area contributed by atoms with Gasteiger partial charge in [0.25, 0.3) is 21.8 Å². The number of amides is 2. The lowest BCUT2D eigenvalue weighted by atomic mass is 9.50. The van der Waals surface area contributed by atoms with Crippen LogP contribution in [0.3, 0.4) is 0 Å². The minimum Gasteiger partial charge on any atom is -0.440 e. The maximum Gasteiger partial charge on any atom is 0.297 e. The third-order valence-corrected chi connectivity index (χ3v) is 8.23. The second-order valence-electron chi connectivity index (χ2n) is 9.54. The smallest absolute Gasteiger partial charge is 0.297 e. The van der Waals surface area contributed by atoms with E-state index in [1.54, 1.807) is 12.1 Å². The van der Waals surface area contributed by atoms with Crippen LogP contribution in [0.1, 0.15) is 48.0 Å². The molecule has 0 saturated heterocycles. The Bertz CT molecular complexity index is 1420. The molecule has 2 fully saturated rings. The molecule has 37 heavy (non-hydrogen) atoms. The Kier molecular flexibility index (Phi) is 7.01. The van der Waals surface area contributed by atoms with Gasteiger partial charge < -0.3 is 23.6 Å². The molecule has 2 aliphatic rings. The lowest BCUT2D eigenvalue weighted by molar-refractivity contribution is -0.124. The van der Waals surface area contributed by atoms with E-state index in [0.29, 0.717) is 16.5 Å². The van der Waals surface area contributed by atoms with Crippen molar-refractivity contribution in [1.82, 2.24) is 15.0 Å². The predicted octanol–water partition coefficient (Wildman–Crippen LogP) is 3.00. The van der Waals surface area contributed by atoms with Crippen LogP contribution in [0.4, 0.5) is 0 Å². The summed E-state index contributed by atoms with van der Waals surface area (Å²) in [5.41, 5.74) is 1.61. The quantitative estimate of drug-likeness (QED) is 0.362. The van der Waals surface area contributed by atoms with Crippen molar-refractivity contribution in [3.8, 4) is 0 Å². The zero-order valence-corrected chi connectivity index (χ0v) is 21.6. The van der Waals surface area contributed by atoms with E-state index in [2.05, 4.69) is 10.3 Å². The Labute approximate surface area is 217 Å². The van der Waals surface area contributed by atoms with Crippen LogP contribution in [-0.4, -0.2) is 58.2 Å². The normalized spacial score (nSPS) is 23.0. The number of carbonyl (C=O) groups is 2. The molecule has 11 nitrogen and oxygen atoms in total. The number of halogens is 1. The van der Waals surface area contributed by atoms with Crippen LogP contribution in [0.5, 0.6) is 0 Å². The van der Waals surface area contributed by atoms with Gasteiger partial charge in [0.2, 0.25) is 5.09 Å². The van der Waals surface area contributed by atoms with E-state index in [0.717, 1.165) is 37.3 Å². The van der Waals surface area contributed by atoms with Crippen LogP contribution >= 0.6 is 11.6 Å². The van der Waals surface area contributed by atoms with Crippen molar-refractivity contribution < 1.29 is 36.3 Å². The topological polar surface area (TPSA) is 150 Å². The van der Waals surface area contributed by atoms with Gasteiger partial charge in [-0.25, -0.2) is 9.71 Å². The van der Waals surface area contributed by atoms with Crippen LogP contribution in [0.25, 0.3) is 11.1 Å². The van der Waals surface area contributed by atoms with Crippen molar-refractivity contribution in [1.29, 1.82) is 0 Å². The summed E-state index contributed by atoms with van der Waals surface area (Å²) in [5, 5.41) is 2.97. The first-order chi connectivity index (χ1) is 17.7. The highest BCUT2D eigenvalue weighted by molar-refractivity contribution is 7.89. The SMILES string of the molecule is COCCOCC(=O)NS(=O)(=O)c1ccc(C(=O)NC2CC3(C2)CC(c2nc4cc(Cl)ccc4o2)C3)o1. The Morgan fingerprint density at radius 2 is 1.92 bits per heavy atom. The number of carbonyl (C=O) groups excluding carboxylic acids is 2. The number of sulfonamides is 1. The number of benzene rings is 1. The summed E-state index contributed by atoms with van der Waals surface area (Å²) >= 11 is 6.03. The van der Waals surface area contributed by atoms with E-state index >= 15 is 0 Å². The van der Waals surface area contributed by atoms with E-state index < -0.39 is 33.5 Å². The third kappa shape index (κ3) is 5.52. The minimum absolute atomic E-state index is 0.0370. The molecule has 1 spiro atoms. The van der Waals surface area contributed by atoms with Crippen molar-refractivity contribution >= 4 is 44.5 Å². The fraction of sp³-hybridized carbons (Fsp3) is 0.458. The first kappa shape index (κ1) is 25.7. The van der Waals surface area contributed by atoms with E-state index in [4.69, 9.17) is 29.9 Å². The Balaban J connectivity index is 1.09.